The predicted octanol–water partition coefficient (Wildman–Crippen LogP) is 1.75. The first kappa shape index (κ1) is 13.0. The average Bonchev–Trinajstić information content (AvgIpc) is 2.34. The minimum Gasteiger partial charge on any atom is -0.496 e. The van der Waals surface area contributed by atoms with Gasteiger partial charge in [-0.25, -0.2) is 4.79 Å². The molecular formula is C12H14O5. The van der Waals surface area contributed by atoms with E-state index in [1.165, 1.54) is 13.2 Å². The van der Waals surface area contributed by atoms with Crippen LogP contribution in [-0.4, -0.2) is 30.6 Å². The van der Waals surface area contributed by atoms with Crippen molar-refractivity contribution in [3.63, 3.8) is 0 Å². The van der Waals surface area contributed by atoms with Gasteiger partial charge in [-0.05, 0) is 18.6 Å². The molecule has 0 aliphatic carbocycles. The Bertz CT molecular complexity index is 413. The van der Waals surface area contributed by atoms with Crippen molar-refractivity contribution in [2.45, 2.75) is 19.4 Å². The predicted molar refractivity (Wildman–Crippen MR) is 60.7 cm³/mol. The smallest absolute Gasteiger partial charge is 0.344 e. The number of rotatable bonds is 6. The summed E-state index contributed by atoms with van der Waals surface area (Å²) in [5, 5.41) is 8.88. The largest absolute Gasteiger partial charge is 0.496 e. The summed E-state index contributed by atoms with van der Waals surface area (Å²) in [6.45, 7) is 1.69. The van der Waals surface area contributed by atoms with E-state index in [1.807, 2.05) is 0 Å². The van der Waals surface area contributed by atoms with Gasteiger partial charge in [-0.15, -0.1) is 0 Å². The van der Waals surface area contributed by atoms with E-state index in [2.05, 4.69) is 0 Å². The second-order valence-electron chi connectivity index (χ2n) is 3.34. The molecule has 0 aromatic heterocycles. The van der Waals surface area contributed by atoms with Crippen molar-refractivity contribution in [1.29, 1.82) is 0 Å². The molecule has 92 valence electrons. The molecule has 5 heteroatoms. The molecule has 0 saturated heterocycles. The molecule has 5 nitrogen and oxygen atoms in total. The van der Waals surface area contributed by atoms with E-state index in [0.717, 1.165) is 0 Å². The zero-order valence-corrected chi connectivity index (χ0v) is 9.67. The highest BCUT2D eigenvalue weighted by Crippen LogP contribution is 2.27. The lowest BCUT2D eigenvalue weighted by molar-refractivity contribution is -0.145. The molecule has 0 aliphatic heterocycles. The van der Waals surface area contributed by atoms with Crippen molar-refractivity contribution < 1.29 is 24.2 Å². The molecule has 1 rings (SSSR count). The van der Waals surface area contributed by atoms with Crippen LogP contribution >= 0.6 is 0 Å². The van der Waals surface area contributed by atoms with Gasteiger partial charge in [0.05, 0.1) is 12.7 Å². The Labute approximate surface area is 99.0 Å². The van der Waals surface area contributed by atoms with Crippen molar-refractivity contribution >= 4 is 12.3 Å². The fraction of sp³-hybridized carbons (Fsp3) is 0.333. The summed E-state index contributed by atoms with van der Waals surface area (Å²) < 4.78 is 10.3. The molecular weight excluding hydrogens is 224 g/mol. The molecule has 17 heavy (non-hydrogen) atoms. The minimum atomic E-state index is -1.06. The highest BCUT2D eigenvalue weighted by Gasteiger charge is 2.19. The maximum Gasteiger partial charge on any atom is 0.344 e. The molecule has 0 amide bonds. The zero-order chi connectivity index (χ0) is 12.8. The first-order valence-electron chi connectivity index (χ1n) is 5.15. The Kier molecular flexibility index (Phi) is 4.51. The van der Waals surface area contributed by atoms with Crippen LogP contribution in [0.5, 0.6) is 11.5 Å². The van der Waals surface area contributed by atoms with Crippen LogP contribution in [0.25, 0.3) is 0 Å². The standard InChI is InChI=1S/C12H14O5/c1-3-9(12(14)15)17-11-6-4-5-10(16-2)8(11)7-13/h4-7,9H,3H2,1-2H3,(H,14,15). The second kappa shape index (κ2) is 5.89. The molecule has 1 aromatic carbocycles. The summed E-state index contributed by atoms with van der Waals surface area (Å²) in [5.41, 5.74) is 0.217. The van der Waals surface area contributed by atoms with E-state index >= 15 is 0 Å². The van der Waals surface area contributed by atoms with Crippen molar-refractivity contribution in [2.24, 2.45) is 0 Å². The van der Waals surface area contributed by atoms with Crippen LogP contribution in [0.2, 0.25) is 0 Å². The number of carbonyl (C=O) groups excluding carboxylic acids is 1. The van der Waals surface area contributed by atoms with E-state index in [0.29, 0.717) is 18.5 Å². The molecule has 0 saturated carbocycles. The molecule has 1 aromatic rings. The quantitative estimate of drug-likeness (QED) is 0.764. The fourth-order valence-corrected chi connectivity index (χ4v) is 1.38. The van der Waals surface area contributed by atoms with Crippen molar-refractivity contribution in [3.8, 4) is 11.5 Å². The monoisotopic (exact) mass is 238 g/mol. The van der Waals surface area contributed by atoms with E-state index in [1.54, 1.807) is 19.1 Å². The van der Waals surface area contributed by atoms with Crippen molar-refractivity contribution in [3.05, 3.63) is 23.8 Å². The summed E-state index contributed by atoms with van der Waals surface area (Å²) >= 11 is 0. The van der Waals surface area contributed by atoms with Crippen LogP contribution in [-0.2, 0) is 4.79 Å². The van der Waals surface area contributed by atoms with E-state index in [-0.39, 0.29) is 11.3 Å². The second-order valence-corrected chi connectivity index (χ2v) is 3.34. The SMILES string of the molecule is CCC(Oc1cccc(OC)c1C=O)C(=O)O. The number of hydrogen-bond donors (Lipinski definition) is 1. The maximum absolute atomic E-state index is 10.9. The molecule has 1 unspecified atom stereocenters. The molecule has 0 spiro atoms. The number of hydrogen-bond acceptors (Lipinski definition) is 4. The number of aliphatic carboxylic acids is 1. The third-order valence-electron chi connectivity index (χ3n) is 2.28. The Morgan fingerprint density at radius 3 is 2.59 bits per heavy atom. The van der Waals surface area contributed by atoms with Gasteiger partial charge in [-0.2, -0.15) is 0 Å². The molecule has 1 atom stereocenters. The summed E-state index contributed by atoms with van der Waals surface area (Å²) in [5.74, 6) is -0.487. The van der Waals surface area contributed by atoms with Crippen LogP contribution < -0.4 is 9.47 Å². The lowest BCUT2D eigenvalue weighted by Crippen LogP contribution is -2.26. The van der Waals surface area contributed by atoms with E-state index < -0.39 is 12.1 Å². The molecule has 0 fully saturated rings. The molecule has 0 radical (unpaired) electrons. The lowest BCUT2D eigenvalue weighted by atomic mass is 10.2. The number of ether oxygens (including phenoxy) is 2. The Hall–Kier alpha value is -2.04. The van der Waals surface area contributed by atoms with Gasteiger partial charge in [-0.1, -0.05) is 13.0 Å². The van der Waals surface area contributed by atoms with Gasteiger partial charge in [0, 0.05) is 0 Å². The van der Waals surface area contributed by atoms with Crippen LogP contribution in [0.15, 0.2) is 18.2 Å². The minimum absolute atomic E-state index is 0.216. The average molecular weight is 238 g/mol. The van der Waals surface area contributed by atoms with Gasteiger partial charge < -0.3 is 14.6 Å². The van der Waals surface area contributed by atoms with Crippen molar-refractivity contribution in [1.82, 2.24) is 0 Å². The zero-order valence-electron chi connectivity index (χ0n) is 9.67. The Morgan fingerprint density at radius 2 is 2.12 bits per heavy atom. The van der Waals surface area contributed by atoms with Gasteiger partial charge >= 0.3 is 5.97 Å². The number of methoxy groups -OCH3 is 1. The highest BCUT2D eigenvalue weighted by molar-refractivity contribution is 5.84. The van der Waals surface area contributed by atoms with Crippen LogP contribution in [0.1, 0.15) is 23.7 Å². The van der Waals surface area contributed by atoms with E-state index in [9.17, 15) is 9.59 Å². The number of carbonyl (C=O) groups is 2. The third kappa shape index (κ3) is 2.96. The van der Waals surface area contributed by atoms with Crippen molar-refractivity contribution in [2.75, 3.05) is 7.11 Å². The molecule has 1 N–H and O–H groups in total. The molecule has 0 aliphatic rings. The third-order valence-corrected chi connectivity index (χ3v) is 2.28. The first-order valence-corrected chi connectivity index (χ1v) is 5.15. The molecule has 0 heterocycles. The molecule has 0 bridgehead atoms. The summed E-state index contributed by atoms with van der Waals surface area (Å²) in [4.78, 5) is 21.8. The van der Waals surface area contributed by atoms with Crippen LogP contribution in [0, 0.1) is 0 Å². The Balaban J connectivity index is 3.05. The number of carboxylic acids is 1. The maximum atomic E-state index is 10.9. The summed E-state index contributed by atoms with van der Waals surface area (Å²) in [7, 11) is 1.43. The van der Waals surface area contributed by atoms with Gasteiger partial charge in [0.1, 0.15) is 11.5 Å². The van der Waals surface area contributed by atoms with Crippen LogP contribution in [0.3, 0.4) is 0 Å². The van der Waals surface area contributed by atoms with Crippen LogP contribution in [0.4, 0.5) is 0 Å². The normalized spacial score (nSPS) is 11.6. The summed E-state index contributed by atoms with van der Waals surface area (Å²) in [6.07, 6.45) is -0.0751. The summed E-state index contributed by atoms with van der Waals surface area (Å²) in [6, 6.07) is 4.78. The topological polar surface area (TPSA) is 72.8 Å². The van der Waals surface area contributed by atoms with E-state index in [4.69, 9.17) is 14.6 Å². The van der Waals surface area contributed by atoms with Gasteiger partial charge in [-0.3, -0.25) is 4.79 Å². The Morgan fingerprint density at radius 1 is 1.47 bits per heavy atom. The number of aldehydes is 1. The first-order chi connectivity index (χ1) is 8.13. The fourth-order valence-electron chi connectivity index (χ4n) is 1.38. The lowest BCUT2D eigenvalue weighted by Gasteiger charge is -2.15. The van der Waals surface area contributed by atoms with Gasteiger partial charge in [0.25, 0.3) is 0 Å². The van der Waals surface area contributed by atoms with Gasteiger partial charge in [0.2, 0.25) is 0 Å². The number of benzene rings is 1. The highest BCUT2D eigenvalue weighted by atomic mass is 16.5. The van der Waals surface area contributed by atoms with Gasteiger partial charge in [0.15, 0.2) is 12.4 Å². The number of carboxylic acid groups (broad SMARTS) is 1.